The minimum atomic E-state index is -0.653. The zero-order chi connectivity index (χ0) is 14.5. The maximum Gasteiger partial charge on any atom is 0.270 e. The second-order valence-corrected chi connectivity index (χ2v) is 5.53. The summed E-state index contributed by atoms with van der Waals surface area (Å²) < 4.78 is 13.0. The number of carbonyl (C=O) groups is 1. The largest absolute Gasteiger partial charge is 0.349 e. The van der Waals surface area contributed by atoms with E-state index in [1.54, 1.807) is 11.3 Å². The minimum absolute atomic E-state index is 0.0903. The van der Waals surface area contributed by atoms with Gasteiger partial charge in [0, 0.05) is 11.4 Å². The van der Waals surface area contributed by atoms with Gasteiger partial charge in [0.2, 0.25) is 5.95 Å². The molecule has 0 bridgehead atoms. The topological polar surface area (TPSA) is 45.2 Å². The summed E-state index contributed by atoms with van der Waals surface area (Å²) in [5.41, 5.74) is 0.0914. The maximum atomic E-state index is 13.0. The zero-order valence-corrected chi connectivity index (χ0v) is 12.2. The summed E-state index contributed by atoms with van der Waals surface area (Å²) in [6.07, 6.45) is 0. The number of nitrogens with one attached hydrogen (secondary N) is 1. The van der Waals surface area contributed by atoms with Crippen LogP contribution in [0.5, 0.6) is 0 Å². The van der Waals surface area contributed by atoms with Crippen molar-refractivity contribution < 1.29 is 9.18 Å². The molecular weight excluding hydrogens is 277 g/mol. The molecule has 0 spiro atoms. The molecule has 1 amide bonds. The lowest BCUT2D eigenvalue weighted by Crippen LogP contribution is -2.34. The summed E-state index contributed by atoms with van der Waals surface area (Å²) >= 11 is 1.64. The van der Waals surface area contributed by atoms with Gasteiger partial charge in [0.05, 0.1) is 6.04 Å². The van der Waals surface area contributed by atoms with Crippen LogP contribution in [0.25, 0.3) is 0 Å². The fraction of sp³-hybridized carbons (Fsp3) is 0.286. The highest BCUT2D eigenvalue weighted by Gasteiger charge is 2.17. The Morgan fingerprint density at radius 3 is 2.80 bits per heavy atom. The van der Waals surface area contributed by atoms with Gasteiger partial charge in [-0.05, 0) is 37.7 Å². The Balaban J connectivity index is 2.01. The Bertz CT molecular complexity index is 572. The quantitative estimate of drug-likeness (QED) is 0.861. The van der Waals surface area contributed by atoms with Crippen molar-refractivity contribution in [2.75, 3.05) is 20.6 Å². The molecule has 20 heavy (non-hydrogen) atoms. The van der Waals surface area contributed by atoms with Crippen LogP contribution in [-0.4, -0.2) is 36.4 Å². The molecule has 0 fully saturated rings. The van der Waals surface area contributed by atoms with Gasteiger partial charge in [0.1, 0.15) is 5.69 Å². The summed E-state index contributed by atoms with van der Waals surface area (Å²) in [6, 6.07) is 8.28. The predicted molar refractivity (Wildman–Crippen MR) is 77.3 cm³/mol. The van der Waals surface area contributed by atoms with E-state index in [0.717, 1.165) is 0 Å². The first-order chi connectivity index (χ1) is 9.58. The number of aromatic nitrogens is 1. The molecule has 2 rings (SSSR count). The molecule has 0 saturated heterocycles. The number of likely N-dealkylation sites (N-methyl/N-ethyl adjacent to an activating group) is 1. The van der Waals surface area contributed by atoms with Crippen molar-refractivity contribution in [2.24, 2.45) is 0 Å². The van der Waals surface area contributed by atoms with Crippen molar-refractivity contribution in [1.29, 1.82) is 0 Å². The molecule has 2 aromatic rings. The Morgan fingerprint density at radius 1 is 1.40 bits per heavy atom. The smallest absolute Gasteiger partial charge is 0.270 e. The highest BCUT2D eigenvalue weighted by Crippen LogP contribution is 2.22. The molecule has 0 radical (unpaired) electrons. The van der Waals surface area contributed by atoms with Crippen molar-refractivity contribution in [1.82, 2.24) is 15.2 Å². The molecular formula is C14H16FN3OS. The number of amides is 1. The van der Waals surface area contributed by atoms with E-state index in [0.29, 0.717) is 6.54 Å². The third kappa shape index (κ3) is 3.61. The van der Waals surface area contributed by atoms with Crippen molar-refractivity contribution in [2.45, 2.75) is 6.04 Å². The average molecular weight is 293 g/mol. The van der Waals surface area contributed by atoms with Crippen LogP contribution in [0.4, 0.5) is 4.39 Å². The summed E-state index contributed by atoms with van der Waals surface area (Å²) in [4.78, 5) is 18.7. The van der Waals surface area contributed by atoms with Crippen LogP contribution in [0.3, 0.4) is 0 Å². The number of nitrogens with zero attached hydrogens (tertiary/aromatic N) is 2. The lowest BCUT2D eigenvalue weighted by atomic mass is 10.2. The predicted octanol–water partition coefficient (Wildman–Crippen LogP) is 2.31. The van der Waals surface area contributed by atoms with Crippen molar-refractivity contribution >= 4 is 17.2 Å². The highest BCUT2D eigenvalue weighted by atomic mass is 32.1. The second-order valence-electron chi connectivity index (χ2n) is 4.55. The van der Waals surface area contributed by atoms with Gasteiger partial charge in [-0.2, -0.15) is 4.39 Å². The summed E-state index contributed by atoms with van der Waals surface area (Å²) in [6.45, 7) is 0.449. The number of rotatable bonds is 5. The number of halogens is 1. The average Bonchev–Trinajstić information content (AvgIpc) is 2.92. The van der Waals surface area contributed by atoms with Crippen LogP contribution in [0.1, 0.15) is 21.4 Å². The van der Waals surface area contributed by atoms with Crippen LogP contribution in [0.2, 0.25) is 0 Å². The standard InChI is InChI=1S/C14H16FN3OS/c1-18(2)11(12-6-4-8-20-12)9-16-14(19)10-5-3-7-13(15)17-10/h3-8,11H,9H2,1-2H3,(H,16,19). The Hall–Kier alpha value is -1.79. The summed E-state index contributed by atoms with van der Waals surface area (Å²) in [5.74, 6) is -1.02. The molecule has 0 aliphatic rings. The molecule has 0 aromatic carbocycles. The fourth-order valence-electron chi connectivity index (χ4n) is 1.83. The van der Waals surface area contributed by atoms with Crippen molar-refractivity contribution in [3.8, 4) is 0 Å². The van der Waals surface area contributed by atoms with Crippen molar-refractivity contribution in [3.05, 3.63) is 52.2 Å². The number of hydrogen-bond donors (Lipinski definition) is 1. The van der Waals surface area contributed by atoms with Crippen molar-refractivity contribution in [3.63, 3.8) is 0 Å². The number of hydrogen-bond acceptors (Lipinski definition) is 4. The van der Waals surface area contributed by atoms with Crippen LogP contribution < -0.4 is 5.32 Å². The van der Waals surface area contributed by atoms with Gasteiger partial charge in [0.25, 0.3) is 5.91 Å². The molecule has 6 heteroatoms. The van der Waals surface area contributed by atoms with Crippen LogP contribution in [-0.2, 0) is 0 Å². The first-order valence-corrected chi connectivity index (χ1v) is 7.06. The molecule has 1 atom stereocenters. The summed E-state index contributed by atoms with van der Waals surface area (Å²) in [7, 11) is 3.91. The lowest BCUT2D eigenvalue weighted by Gasteiger charge is -2.23. The van der Waals surface area contributed by atoms with Gasteiger partial charge in [-0.15, -0.1) is 11.3 Å². The SMILES string of the molecule is CN(C)C(CNC(=O)c1cccc(F)n1)c1cccs1. The first-order valence-electron chi connectivity index (χ1n) is 6.18. The third-order valence-electron chi connectivity index (χ3n) is 2.90. The highest BCUT2D eigenvalue weighted by molar-refractivity contribution is 7.10. The van der Waals surface area contributed by atoms with E-state index in [4.69, 9.17) is 0 Å². The first kappa shape index (κ1) is 14.6. The minimum Gasteiger partial charge on any atom is -0.349 e. The molecule has 106 valence electrons. The van der Waals surface area contributed by atoms with Gasteiger partial charge < -0.3 is 10.2 Å². The van der Waals surface area contributed by atoms with Gasteiger partial charge in [-0.1, -0.05) is 12.1 Å². The van der Waals surface area contributed by atoms with Gasteiger partial charge in [-0.25, -0.2) is 4.98 Å². The number of carbonyl (C=O) groups excluding carboxylic acids is 1. The molecule has 1 unspecified atom stereocenters. The van der Waals surface area contributed by atoms with Crippen LogP contribution in [0, 0.1) is 5.95 Å². The monoisotopic (exact) mass is 293 g/mol. The maximum absolute atomic E-state index is 13.0. The molecule has 0 aliphatic heterocycles. The van der Waals surface area contributed by atoms with Crippen LogP contribution in [0.15, 0.2) is 35.7 Å². The van der Waals surface area contributed by atoms with E-state index in [1.807, 2.05) is 36.5 Å². The molecule has 1 N–H and O–H groups in total. The molecule has 4 nitrogen and oxygen atoms in total. The second kappa shape index (κ2) is 6.58. The summed E-state index contributed by atoms with van der Waals surface area (Å²) in [5, 5.41) is 4.79. The normalized spacial score (nSPS) is 12.4. The molecule has 0 saturated carbocycles. The molecule has 2 heterocycles. The number of thiophene rings is 1. The lowest BCUT2D eigenvalue weighted by molar-refractivity contribution is 0.0936. The Morgan fingerprint density at radius 2 is 2.20 bits per heavy atom. The Kier molecular flexibility index (Phi) is 4.81. The van der Waals surface area contributed by atoms with Crippen LogP contribution >= 0.6 is 11.3 Å². The van der Waals surface area contributed by atoms with E-state index in [-0.39, 0.29) is 17.6 Å². The Labute approximate surface area is 121 Å². The zero-order valence-electron chi connectivity index (χ0n) is 11.3. The van der Waals surface area contributed by atoms with E-state index < -0.39 is 5.95 Å². The number of pyridine rings is 1. The van der Waals surface area contributed by atoms with E-state index in [9.17, 15) is 9.18 Å². The third-order valence-corrected chi connectivity index (χ3v) is 3.87. The van der Waals surface area contributed by atoms with E-state index in [1.165, 1.54) is 23.1 Å². The van der Waals surface area contributed by atoms with E-state index >= 15 is 0 Å². The fourth-order valence-corrected chi connectivity index (χ4v) is 2.76. The van der Waals surface area contributed by atoms with Gasteiger partial charge >= 0.3 is 0 Å². The van der Waals surface area contributed by atoms with E-state index in [2.05, 4.69) is 10.3 Å². The van der Waals surface area contributed by atoms with Gasteiger partial charge in [-0.3, -0.25) is 4.79 Å². The molecule has 0 aliphatic carbocycles. The van der Waals surface area contributed by atoms with Gasteiger partial charge in [0.15, 0.2) is 0 Å². The molecule has 2 aromatic heterocycles.